The lowest BCUT2D eigenvalue weighted by molar-refractivity contribution is 0.0827. The van der Waals surface area contributed by atoms with Crippen LogP contribution in [-0.2, 0) is 12.8 Å². The molecule has 3 aromatic rings. The lowest BCUT2D eigenvalue weighted by Crippen LogP contribution is -2.21. The minimum atomic E-state index is 0.0168. The summed E-state index contributed by atoms with van der Waals surface area (Å²) in [6, 6.07) is 11.8. The van der Waals surface area contributed by atoms with E-state index in [1.807, 2.05) is 53.4 Å². The van der Waals surface area contributed by atoms with Gasteiger partial charge in [-0.15, -0.1) is 21.5 Å². The maximum absolute atomic E-state index is 11.9. The quantitative estimate of drug-likeness (QED) is 0.655. The number of hydrogen-bond donors (Lipinski definition) is 0. The molecule has 0 radical (unpaired) electrons. The molecule has 0 atom stereocenters. The number of aromatic nitrogens is 3. The van der Waals surface area contributed by atoms with Crippen molar-refractivity contribution in [3.63, 3.8) is 0 Å². The Balaban J connectivity index is 1.67. The largest absolute Gasteiger partial charge is 0.345 e. The molecule has 0 aliphatic rings. The van der Waals surface area contributed by atoms with Crippen molar-refractivity contribution in [1.82, 2.24) is 19.7 Å². The predicted molar refractivity (Wildman–Crippen MR) is 98.3 cm³/mol. The zero-order valence-electron chi connectivity index (χ0n) is 13.8. The van der Waals surface area contributed by atoms with Crippen molar-refractivity contribution in [3.05, 3.63) is 52.9 Å². The third-order valence-corrected chi connectivity index (χ3v) is 5.51. The monoisotopic (exact) mass is 358 g/mol. The van der Waals surface area contributed by atoms with Crippen LogP contribution in [-0.4, -0.2) is 39.7 Å². The first-order valence-electron chi connectivity index (χ1n) is 7.43. The highest BCUT2D eigenvalue weighted by Gasteiger charge is 2.12. The number of hydrogen-bond acceptors (Lipinski definition) is 5. The average molecular weight is 358 g/mol. The van der Waals surface area contributed by atoms with Crippen LogP contribution >= 0.6 is 23.1 Å². The van der Waals surface area contributed by atoms with E-state index in [0.717, 1.165) is 27.2 Å². The summed E-state index contributed by atoms with van der Waals surface area (Å²) in [6.07, 6.45) is 0. The van der Waals surface area contributed by atoms with Crippen LogP contribution in [0.1, 0.15) is 15.9 Å². The molecule has 1 aromatic carbocycles. The molecule has 1 amide bonds. The Morgan fingerprint density at radius 3 is 2.58 bits per heavy atom. The molecule has 0 unspecified atom stereocenters. The SMILES string of the molecule is CN(C)C(=O)c1ccc(CSc2nnc(-c3cccs3)n2C)cc1. The van der Waals surface area contributed by atoms with Crippen molar-refractivity contribution in [3.8, 4) is 10.7 Å². The number of nitrogens with zero attached hydrogens (tertiary/aromatic N) is 4. The molecule has 2 aromatic heterocycles. The normalized spacial score (nSPS) is 10.8. The second kappa shape index (κ2) is 7.19. The molecule has 0 saturated carbocycles. The number of carbonyl (C=O) groups excluding carboxylic acids is 1. The Morgan fingerprint density at radius 2 is 1.96 bits per heavy atom. The summed E-state index contributed by atoms with van der Waals surface area (Å²) in [4.78, 5) is 14.6. The van der Waals surface area contributed by atoms with Crippen molar-refractivity contribution < 1.29 is 4.79 Å². The molecule has 124 valence electrons. The Bertz CT molecular complexity index is 823. The number of thioether (sulfide) groups is 1. The Morgan fingerprint density at radius 1 is 1.21 bits per heavy atom. The first-order valence-corrected chi connectivity index (χ1v) is 9.29. The number of carbonyl (C=O) groups is 1. The van der Waals surface area contributed by atoms with Crippen molar-refractivity contribution in [2.75, 3.05) is 14.1 Å². The molecular formula is C17H18N4OS2. The molecule has 3 rings (SSSR count). The molecule has 0 saturated heterocycles. The number of rotatable bonds is 5. The van der Waals surface area contributed by atoms with E-state index in [-0.39, 0.29) is 5.91 Å². The summed E-state index contributed by atoms with van der Waals surface area (Å²) in [5, 5.41) is 11.5. The summed E-state index contributed by atoms with van der Waals surface area (Å²) in [5.41, 5.74) is 1.85. The number of amides is 1. The van der Waals surface area contributed by atoms with Crippen LogP contribution in [0, 0.1) is 0 Å². The van der Waals surface area contributed by atoms with Gasteiger partial charge in [0.05, 0.1) is 4.88 Å². The molecule has 0 spiro atoms. The summed E-state index contributed by atoms with van der Waals surface area (Å²) in [5.74, 6) is 1.69. The van der Waals surface area contributed by atoms with Gasteiger partial charge in [0, 0.05) is 32.5 Å². The van der Waals surface area contributed by atoms with Gasteiger partial charge in [0.15, 0.2) is 11.0 Å². The van der Waals surface area contributed by atoms with Gasteiger partial charge >= 0.3 is 0 Å². The first kappa shape index (κ1) is 16.7. The molecule has 0 aliphatic carbocycles. The molecule has 5 nitrogen and oxygen atoms in total. The fraction of sp³-hybridized carbons (Fsp3) is 0.235. The van der Waals surface area contributed by atoms with Gasteiger partial charge in [-0.2, -0.15) is 0 Å². The smallest absolute Gasteiger partial charge is 0.253 e. The topological polar surface area (TPSA) is 51.0 Å². The Kier molecular flexibility index (Phi) is 5.01. The van der Waals surface area contributed by atoms with Crippen LogP contribution in [0.15, 0.2) is 46.9 Å². The van der Waals surface area contributed by atoms with Gasteiger partial charge < -0.3 is 9.47 Å². The van der Waals surface area contributed by atoms with Crippen LogP contribution in [0.5, 0.6) is 0 Å². The maximum atomic E-state index is 11.9. The van der Waals surface area contributed by atoms with Crippen molar-refractivity contribution in [2.24, 2.45) is 7.05 Å². The van der Waals surface area contributed by atoms with E-state index >= 15 is 0 Å². The third kappa shape index (κ3) is 3.52. The van der Waals surface area contributed by atoms with Gasteiger partial charge in [-0.25, -0.2) is 0 Å². The fourth-order valence-corrected chi connectivity index (χ4v) is 3.82. The van der Waals surface area contributed by atoms with E-state index < -0.39 is 0 Å². The molecular weight excluding hydrogens is 340 g/mol. The van der Waals surface area contributed by atoms with E-state index in [4.69, 9.17) is 0 Å². The molecule has 2 heterocycles. The maximum Gasteiger partial charge on any atom is 0.253 e. The Hall–Kier alpha value is -2.12. The number of benzene rings is 1. The van der Waals surface area contributed by atoms with E-state index in [0.29, 0.717) is 5.56 Å². The molecule has 24 heavy (non-hydrogen) atoms. The second-order valence-electron chi connectivity index (χ2n) is 5.53. The van der Waals surface area contributed by atoms with Crippen LogP contribution in [0.4, 0.5) is 0 Å². The zero-order chi connectivity index (χ0) is 17.1. The Labute approximate surface area is 149 Å². The van der Waals surface area contributed by atoms with Gasteiger partial charge in [-0.3, -0.25) is 4.79 Å². The highest BCUT2D eigenvalue weighted by Crippen LogP contribution is 2.27. The minimum Gasteiger partial charge on any atom is -0.345 e. The summed E-state index contributed by atoms with van der Waals surface area (Å²) < 4.78 is 2.01. The molecule has 0 N–H and O–H groups in total. The molecule has 7 heteroatoms. The number of thiophene rings is 1. The van der Waals surface area contributed by atoms with Crippen LogP contribution in [0.2, 0.25) is 0 Å². The van der Waals surface area contributed by atoms with Crippen LogP contribution in [0.3, 0.4) is 0 Å². The van der Waals surface area contributed by atoms with Crippen LogP contribution in [0.25, 0.3) is 10.7 Å². The molecule has 0 bridgehead atoms. The van der Waals surface area contributed by atoms with E-state index in [2.05, 4.69) is 10.2 Å². The average Bonchev–Trinajstić information content (AvgIpc) is 3.22. The van der Waals surface area contributed by atoms with Crippen molar-refractivity contribution >= 4 is 29.0 Å². The zero-order valence-corrected chi connectivity index (χ0v) is 15.4. The first-order chi connectivity index (χ1) is 11.6. The molecule has 0 aliphatic heterocycles. The van der Waals surface area contributed by atoms with Crippen molar-refractivity contribution in [2.45, 2.75) is 10.9 Å². The third-order valence-electron chi connectivity index (χ3n) is 3.55. The van der Waals surface area contributed by atoms with E-state index in [9.17, 15) is 4.79 Å². The predicted octanol–water partition coefficient (Wildman–Crippen LogP) is 3.54. The lowest BCUT2D eigenvalue weighted by Gasteiger charge is -2.10. The van der Waals surface area contributed by atoms with E-state index in [1.54, 1.807) is 42.1 Å². The van der Waals surface area contributed by atoms with Gasteiger partial charge in [-0.05, 0) is 29.1 Å². The highest BCUT2D eigenvalue weighted by atomic mass is 32.2. The summed E-state index contributed by atoms with van der Waals surface area (Å²) >= 11 is 3.29. The van der Waals surface area contributed by atoms with Gasteiger partial charge in [0.1, 0.15) is 0 Å². The second-order valence-corrected chi connectivity index (χ2v) is 7.42. The van der Waals surface area contributed by atoms with Gasteiger partial charge in [0.2, 0.25) is 0 Å². The highest BCUT2D eigenvalue weighted by molar-refractivity contribution is 7.98. The van der Waals surface area contributed by atoms with Crippen molar-refractivity contribution in [1.29, 1.82) is 0 Å². The lowest BCUT2D eigenvalue weighted by atomic mass is 10.1. The van der Waals surface area contributed by atoms with E-state index in [1.165, 1.54) is 0 Å². The summed E-state index contributed by atoms with van der Waals surface area (Å²) in [6.45, 7) is 0. The molecule has 0 fully saturated rings. The standard InChI is InChI=1S/C17H18N4OS2/c1-20(2)16(22)13-8-6-12(7-9-13)11-24-17-19-18-15(21(17)3)14-5-4-10-23-14/h4-10H,11H2,1-3H3. The van der Waals surface area contributed by atoms with Gasteiger partial charge in [-0.1, -0.05) is 30.0 Å². The van der Waals surface area contributed by atoms with Crippen LogP contribution < -0.4 is 0 Å². The van der Waals surface area contributed by atoms with Gasteiger partial charge in [0.25, 0.3) is 5.91 Å². The minimum absolute atomic E-state index is 0.0168. The fourth-order valence-electron chi connectivity index (χ4n) is 2.21. The summed E-state index contributed by atoms with van der Waals surface area (Å²) in [7, 11) is 5.49.